The number of nitrogens with zero attached hydrogens (tertiary/aromatic N) is 3. The number of benzene rings is 2. The first-order valence-electron chi connectivity index (χ1n) is 8.48. The number of hydrogen-bond donors (Lipinski definition) is 0. The normalized spacial score (nSPS) is 11.0. The average molecular weight is 396 g/mol. The van der Waals surface area contributed by atoms with Gasteiger partial charge in [0.25, 0.3) is 0 Å². The van der Waals surface area contributed by atoms with Crippen LogP contribution in [-0.2, 0) is 0 Å². The lowest BCUT2D eigenvalue weighted by Gasteiger charge is -2.20. The Hall–Kier alpha value is -2.63. The molecule has 0 unspecified atom stereocenters. The van der Waals surface area contributed by atoms with E-state index in [1.165, 1.54) is 4.88 Å². The minimum absolute atomic E-state index is 0.253. The van der Waals surface area contributed by atoms with E-state index in [2.05, 4.69) is 33.9 Å². The zero-order chi connectivity index (χ0) is 19.0. The van der Waals surface area contributed by atoms with Crippen LogP contribution < -0.4 is 9.64 Å². The summed E-state index contributed by atoms with van der Waals surface area (Å²) in [5, 5.41) is 1.27. The van der Waals surface area contributed by atoms with Crippen molar-refractivity contribution in [1.82, 2.24) is 9.97 Å². The molecule has 0 spiro atoms. The maximum atomic E-state index is 6.24. The lowest BCUT2D eigenvalue weighted by Crippen LogP contribution is -2.12. The van der Waals surface area contributed by atoms with Crippen molar-refractivity contribution in [1.29, 1.82) is 0 Å². The van der Waals surface area contributed by atoms with Gasteiger partial charge in [0.15, 0.2) is 0 Å². The molecule has 136 valence electrons. The van der Waals surface area contributed by atoms with E-state index in [-0.39, 0.29) is 5.28 Å². The molecule has 0 fully saturated rings. The van der Waals surface area contributed by atoms with Gasteiger partial charge in [-0.15, -0.1) is 11.3 Å². The fourth-order valence-electron chi connectivity index (χ4n) is 3.19. The largest absolute Gasteiger partial charge is 0.497 e. The van der Waals surface area contributed by atoms with Crippen molar-refractivity contribution in [3.05, 3.63) is 64.8 Å². The summed E-state index contributed by atoms with van der Waals surface area (Å²) in [5.74, 6) is 1.63. The fourth-order valence-corrected chi connectivity index (χ4v) is 4.44. The maximum absolute atomic E-state index is 6.24. The molecular weight excluding hydrogens is 378 g/mol. The van der Waals surface area contributed by atoms with Gasteiger partial charge in [-0.2, -0.15) is 4.98 Å². The van der Waals surface area contributed by atoms with Gasteiger partial charge in [-0.3, -0.25) is 0 Å². The minimum Gasteiger partial charge on any atom is -0.497 e. The van der Waals surface area contributed by atoms with Gasteiger partial charge in [0.2, 0.25) is 5.28 Å². The topological polar surface area (TPSA) is 38.3 Å². The molecule has 0 saturated heterocycles. The standard InChI is InChI=1S/C21H18ClN3OS/c1-13-17(14-9-11-16(26-3)12-10-14)18-19(23-21(22)24-20(18)27-13)25(2)15-7-5-4-6-8-15/h4-12H,1-3H3. The van der Waals surface area contributed by atoms with E-state index in [4.69, 9.17) is 16.3 Å². The van der Waals surface area contributed by atoms with Crippen LogP contribution in [0.2, 0.25) is 5.28 Å². The molecule has 2 heterocycles. The molecule has 0 aliphatic heterocycles. The van der Waals surface area contributed by atoms with Gasteiger partial charge in [-0.1, -0.05) is 30.3 Å². The highest BCUT2D eigenvalue weighted by Crippen LogP contribution is 2.43. The van der Waals surface area contributed by atoms with Gasteiger partial charge in [0.1, 0.15) is 16.4 Å². The molecule has 0 bridgehead atoms. The fraction of sp³-hybridized carbons (Fsp3) is 0.143. The number of methoxy groups -OCH3 is 1. The number of halogens is 1. The first-order valence-corrected chi connectivity index (χ1v) is 9.67. The van der Waals surface area contributed by atoms with E-state index in [0.29, 0.717) is 0 Å². The Labute approximate surface area is 167 Å². The Morgan fingerprint density at radius 1 is 1.00 bits per heavy atom. The monoisotopic (exact) mass is 395 g/mol. The summed E-state index contributed by atoms with van der Waals surface area (Å²) in [6, 6.07) is 18.2. The third-order valence-corrected chi connectivity index (χ3v) is 5.69. The first kappa shape index (κ1) is 17.8. The van der Waals surface area contributed by atoms with Crippen molar-refractivity contribution >= 4 is 44.7 Å². The zero-order valence-corrected chi connectivity index (χ0v) is 16.8. The quantitative estimate of drug-likeness (QED) is 0.391. The summed E-state index contributed by atoms with van der Waals surface area (Å²) in [5.41, 5.74) is 3.28. The predicted molar refractivity (Wildman–Crippen MR) is 114 cm³/mol. The lowest BCUT2D eigenvalue weighted by molar-refractivity contribution is 0.415. The number of thiophene rings is 1. The molecular formula is C21H18ClN3OS. The third-order valence-electron chi connectivity index (χ3n) is 4.52. The van der Waals surface area contributed by atoms with Gasteiger partial charge in [0.05, 0.1) is 12.5 Å². The van der Waals surface area contributed by atoms with E-state index >= 15 is 0 Å². The van der Waals surface area contributed by atoms with Crippen molar-refractivity contribution < 1.29 is 4.74 Å². The molecule has 4 aromatic rings. The highest BCUT2D eigenvalue weighted by molar-refractivity contribution is 7.19. The minimum atomic E-state index is 0.253. The van der Waals surface area contributed by atoms with Crippen LogP contribution in [0.25, 0.3) is 21.3 Å². The van der Waals surface area contributed by atoms with Crippen molar-refractivity contribution in [3.63, 3.8) is 0 Å². The molecule has 0 N–H and O–H groups in total. The number of para-hydroxylation sites is 1. The van der Waals surface area contributed by atoms with E-state index < -0.39 is 0 Å². The molecule has 6 heteroatoms. The molecule has 2 aromatic heterocycles. The second kappa shape index (κ2) is 7.18. The first-order chi connectivity index (χ1) is 13.1. The van der Waals surface area contributed by atoms with Gasteiger partial charge in [-0.05, 0) is 48.4 Å². The van der Waals surface area contributed by atoms with E-state index in [9.17, 15) is 0 Å². The number of ether oxygens (including phenoxy) is 1. The summed E-state index contributed by atoms with van der Waals surface area (Å²) < 4.78 is 5.29. The Bertz CT molecular complexity index is 1090. The number of fused-ring (bicyclic) bond motifs is 1. The number of hydrogen-bond acceptors (Lipinski definition) is 5. The summed E-state index contributed by atoms with van der Waals surface area (Å²) in [6.45, 7) is 2.10. The van der Waals surface area contributed by atoms with Crippen LogP contribution in [-0.4, -0.2) is 24.1 Å². The molecule has 0 aliphatic carbocycles. The van der Waals surface area contributed by atoms with Gasteiger partial charge in [0, 0.05) is 23.2 Å². The number of aryl methyl sites for hydroxylation is 1. The molecule has 0 aliphatic rings. The van der Waals surface area contributed by atoms with E-state index in [1.807, 2.05) is 49.5 Å². The van der Waals surface area contributed by atoms with Crippen molar-refractivity contribution in [2.24, 2.45) is 0 Å². The summed E-state index contributed by atoms with van der Waals surface area (Å²) in [4.78, 5) is 13.2. The molecule has 4 nitrogen and oxygen atoms in total. The predicted octanol–water partition coefficient (Wildman–Crippen LogP) is 6.10. The molecule has 0 radical (unpaired) electrons. The van der Waals surface area contributed by atoms with Crippen molar-refractivity contribution in [2.45, 2.75) is 6.92 Å². The summed E-state index contributed by atoms with van der Waals surface area (Å²) >= 11 is 7.87. The molecule has 0 atom stereocenters. The van der Waals surface area contributed by atoms with Gasteiger partial charge in [-0.25, -0.2) is 4.98 Å². The molecule has 4 rings (SSSR count). The lowest BCUT2D eigenvalue weighted by atomic mass is 10.0. The van der Waals surface area contributed by atoms with Crippen LogP contribution in [0.15, 0.2) is 54.6 Å². The third kappa shape index (κ3) is 3.24. The second-order valence-corrected chi connectivity index (χ2v) is 7.69. The van der Waals surface area contributed by atoms with Crippen LogP contribution in [0, 0.1) is 6.92 Å². The highest BCUT2D eigenvalue weighted by Gasteiger charge is 2.21. The average Bonchev–Trinajstić information content (AvgIpc) is 3.03. The van der Waals surface area contributed by atoms with Crippen LogP contribution in [0.3, 0.4) is 0 Å². The highest BCUT2D eigenvalue weighted by atomic mass is 35.5. The Morgan fingerprint density at radius 2 is 1.70 bits per heavy atom. The van der Waals surface area contributed by atoms with E-state index in [1.54, 1.807) is 18.4 Å². The number of rotatable bonds is 4. The summed E-state index contributed by atoms with van der Waals surface area (Å²) in [6.07, 6.45) is 0. The van der Waals surface area contributed by atoms with Gasteiger partial charge < -0.3 is 9.64 Å². The van der Waals surface area contributed by atoms with Crippen LogP contribution in [0.5, 0.6) is 5.75 Å². The Kier molecular flexibility index (Phi) is 4.72. The van der Waals surface area contributed by atoms with Crippen LogP contribution in [0.4, 0.5) is 11.5 Å². The van der Waals surface area contributed by atoms with Crippen LogP contribution in [0.1, 0.15) is 4.88 Å². The van der Waals surface area contributed by atoms with Gasteiger partial charge >= 0.3 is 0 Å². The molecule has 0 saturated carbocycles. The molecule has 0 amide bonds. The van der Waals surface area contributed by atoms with E-state index in [0.717, 1.165) is 38.6 Å². The maximum Gasteiger partial charge on any atom is 0.225 e. The van der Waals surface area contributed by atoms with Crippen LogP contribution >= 0.6 is 22.9 Å². The number of aromatic nitrogens is 2. The Morgan fingerprint density at radius 3 is 2.37 bits per heavy atom. The molecule has 27 heavy (non-hydrogen) atoms. The van der Waals surface area contributed by atoms with Crippen molar-refractivity contribution in [2.75, 3.05) is 19.1 Å². The Balaban J connectivity index is 1.96. The molecule has 2 aromatic carbocycles. The second-order valence-electron chi connectivity index (χ2n) is 6.15. The SMILES string of the molecule is COc1ccc(-c2c(C)sc3nc(Cl)nc(N(C)c4ccccc4)c23)cc1. The zero-order valence-electron chi connectivity index (χ0n) is 15.2. The summed E-state index contributed by atoms with van der Waals surface area (Å²) in [7, 11) is 3.67. The number of anilines is 2. The smallest absolute Gasteiger partial charge is 0.225 e. The van der Waals surface area contributed by atoms with Crippen molar-refractivity contribution in [3.8, 4) is 16.9 Å².